The zero-order valence-electron chi connectivity index (χ0n) is 18.7. The van der Waals surface area contributed by atoms with Gasteiger partial charge < -0.3 is 24.8 Å². The summed E-state index contributed by atoms with van der Waals surface area (Å²) in [6, 6.07) is 15.6. The molecule has 0 atom stereocenters. The Morgan fingerprint density at radius 3 is 2.39 bits per heavy atom. The SMILES string of the molecule is O=C(O)N1CCC(N2CCC(Nc3nc4ccccc4n3Cc3ccc(F)cc3)CC2)CC1. The number of anilines is 1. The minimum atomic E-state index is -0.806. The number of amides is 1. The molecule has 174 valence electrons. The van der Waals surface area contributed by atoms with E-state index in [1.807, 2.05) is 30.3 Å². The van der Waals surface area contributed by atoms with Crippen LogP contribution in [-0.4, -0.2) is 68.8 Å². The largest absolute Gasteiger partial charge is 0.465 e. The number of benzene rings is 2. The normalized spacial score (nSPS) is 18.6. The predicted octanol–water partition coefficient (Wildman–Crippen LogP) is 4.24. The molecular weight excluding hydrogens is 421 g/mol. The first-order chi connectivity index (χ1) is 16.1. The third-order valence-electron chi connectivity index (χ3n) is 7.02. The Kier molecular flexibility index (Phi) is 6.17. The first kappa shape index (κ1) is 21.7. The topological polar surface area (TPSA) is 73.6 Å². The molecule has 7 nitrogen and oxygen atoms in total. The number of piperidine rings is 2. The molecule has 8 heteroatoms. The lowest BCUT2D eigenvalue weighted by atomic mass is 9.98. The van der Waals surface area contributed by atoms with Crippen molar-refractivity contribution in [1.29, 1.82) is 0 Å². The van der Waals surface area contributed by atoms with E-state index >= 15 is 0 Å². The summed E-state index contributed by atoms with van der Waals surface area (Å²) in [4.78, 5) is 20.1. The second-order valence-corrected chi connectivity index (χ2v) is 9.09. The van der Waals surface area contributed by atoms with Gasteiger partial charge in [0, 0.05) is 38.3 Å². The maximum Gasteiger partial charge on any atom is 0.407 e. The van der Waals surface area contributed by atoms with E-state index in [9.17, 15) is 9.18 Å². The number of halogens is 1. The molecule has 1 amide bonds. The summed E-state index contributed by atoms with van der Waals surface area (Å²) in [5, 5.41) is 12.9. The number of hydrogen-bond donors (Lipinski definition) is 2. The van der Waals surface area contributed by atoms with Crippen molar-refractivity contribution in [2.24, 2.45) is 0 Å². The number of nitrogens with one attached hydrogen (secondary N) is 1. The fourth-order valence-electron chi connectivity index (χ4n) is 5.13. The molecule has 0 aliphatic carbocycles. The smallest absolute Gasteiger partial charge is 0.407 e. The van der Waals surface area contributed by atoms with E-state index in [0.29, 0.717) is 31.7 Å². The minimum absolute atomic E-state index is 0.229. The van der Waals surface area contributed by atoms with Crippen LogP contribution in [0.25, 0.3) is 11.0 Å². The Labute approximate surface area is 192 Å². The molecule has 3 heterocycles. The number of aromatic nitrogens is 2. The number of nitrogens with zero attached hydrogens (tertiary/aromatic N) is 4. The van der Waals surface area contributed by atoms with Gasteiger partial charge in [-0.25, -0.2) is 14.2 Å². The van der Waals surface area contributed by atoms with Crippen LogP contribution in [0.15, 0.2) is 48.5 Å². The standard InChI is InChI=1S/C25H30FN5O2/c26-19-7-5-18(6-8-19)17-31-23-4-2-1-3-22(23)28-24(31)27-20-9-13-29(14-10-20)21-11-15-30(16-12-21)25(32)33/h1-8,20-21H,9-17H2,(H,27,28)(H,32,33). The number of hydrogen-bond acceptors (Lipinski definition) is 4. The maximum atomic E-state index is 13.4. The summed E-state index contributed by atoms with van der Waals surface area (Å²) < 4.78 is 15.5. The Balaban J connectivity index is 1.24. The number of fused-ring (bicyclic) bond motifs is 1. The van der Waals surface area contributed by atoms with Gasteiger partial charge in [0.2, 0.25) is 5.95 Å². The summed E-state index contributed by atoms with van der Waals surface area (Å²) in [5.41, 5.74) is 3.04. The lowest BCUT2D eigenvalue weighted by Gasteiger charge is -2.41. The molecule has 2 aromatic carbocycles. The van der Waals surface area contributed by atoms with E-state index in [2.05, 4.69) is 20.9 Å². The highest BCUT2D eigenvalue weighted by Gasteiger charge is 2.30. The van der Waals surface area contributed by atoms with E-state index in [0.717, 1.165) is 61.3 Å². The van der Waals surface area contributed by atoms with Gasteiger partial charge in [0.15, 0.2) is 0 Å². The molecule has 2 aliphatic rings. The average Bonchev–Trinajstić information content (AvgIpc) is 3.18. The quantitative estimate of drug-likeness (QED) is 0.607. The Morgan fingerprint density at radius 1 is 1.00 bits per heavy atom. The molecule has 2 aliphatic heterocycles. The van der Waals surface area contributed by atoms with Crippen LogP contribution in [0.5, 0.6) is 0 Å². The second kappa shape index (κ2) is 9.39. The van der Waals surface area contributed by atoms with Gasteiger partial charge in [-0.1, -0.05) is 24.3 Å². The van der Waals surface area contributed by atoms with Crippen LogP contribution >= 0.6 is 0 Å². The van der Waals surface area contributed by atoms with Crippen molar-refractivity contribution in [3.05, 3.63) is 59.9 Å². The molecular formula is C25H30FN5O2. The number of carboxylic acid groups (broad SMARTS) is 1. The van der Waals surface area contributed by atoms with Crippen molar-refractivity contribution in [2.75, 3.05) is 31.5 Å². The van der Waals surface area contributed by atoms with Crippen LogP contribution in [0.1, 0.15) is 31.2 Å². The zero-order valence-corrected chi connectivity index (χ0v) is 18.7. The van der Waals surface area contributed by atoms with Crippen molar-refractivity contribution in [3.63, 3.8) is 0 Å². The van der Waals surface area contributed by atoms with Crippen molar-refractivity contribution in [3.8, 4) is 0 Å². The molecule has 1 aromatic heterocycles. The van der Waals surface area contributed by atoms with Gasteiger partial charge in [0.25, 0.3) is 0 Å². The van der Waals surface area contributed by atoms with Gasteiger partial charge in [-0.05, 0) is 55.5 Å². The van der Waals surface area contributed by atoms with E-state index in [1.54, 1.807) is 0 Å². The molecule has 33 heavy (non-hydrogen) atoms. The molecule has 5 rings (SSSR count). The van der Waals surface area contributed by atoms with E-state index in [1.165, 1.54) is 17.0 Å². The Bertz CT molecular complexity index is 1100. The zero-order chi connectivity index (χ0) is 22.8. The minimum Gasteiger partial charge on any atom is -0.465 e. The van der Waals surface area contributed by atoms with Crippen LogP contribution in [0.2, 0.25) is 0 Å². The van der Waals surface area contributed by atoms with Gasteiger partial charge in [-0.3, -0.25) is 0 Å². The maximum absolute atomic E-state index is 13.4. The van der Waals surface area contributed by atoms with Crippen LogP contribution in [0, 0.1) is 5.82 Å². The predicted molar refractivity (Wildman–Crippen MR) is 126 cm³/mol. The van der Waals surface area contributed by atoms with Gasteiger partial charge in [-0.15, -0.1) is 0 Å². The highest BCUT2D eigenvalue weighted by Crippen LogP contribution is 2.26. The average molecular weight is 452 g/mol. The van der Waals surface area contributed by atoms with Gasteiger partial charge >= 0.3 is 6.09 Å². The lowest BCUT2D eigenvalue weighted by molar-refractivity contribution is 0.0829. The van der Waals surface area contributed by atoms with Crippen LogP contribution in [0.4, 0.5) is 15.1 Å². The van der Waals surface area contributed by atoms with Crippen molar-refractivity contribution < 1.29 is 14.3 Å². The van der Waals surface area contributed by atoms with E-state index in [4.69, 9.17) is 10.1 Å². The number of likely N-dealkylation sites (tertiary alicyclic amines) is 2. The molecule has 0 bridgehead atoms. The van der Waals surface area contributed by atoms with Crippen LogP contribution < -0.4 is 5.32 Å². The second-order valence-electron chi connectivity index (χ2n) is 9.09. The third kappa shape index (κ3) is 4.80. The fourth-order valence-corrected chi connectivity index (χ4v) is 5.13. The number of rotatable bonds is 5. The highest BCUT2D eigenvalue weighted by atomic mass is 19.1. The number of para-hydroxylation sites is 2. The molecule has 2 N–H and O–H groups in total. The van der Waals surface area contributed by atoms with Crippen molar-refractivity contribution in [1.82, 2.24) is 19.4 Å². The molecule has 3 aromatic rings. The Hall–Kier alpha value is -3.13. The molecule has 2 fully saturated rings. The first-order valence-electron chi connectivity index (χ1n) is 11.7. The number of carbonyl (C=O) groups is 1. The fraction of sp³-hybridized carbons (Fsp3) is 0.440. The molecule has 0 spiro atoms. The van der Waals surface area contributed by atoms with E-state index < -0.39 is 6.09 Å². The summed E-state index contributed by atoms with van der Waals surface area (Å²) in [6.07, 6.45) is 3.08. The van der Waals surface area contributed by atoms with Gasteiger partial charge in [-0.2, -0.15) is 0 Å². The number of imidazole rings is 1. The highest BCUT2D eigenvalue weighted by molar-refractivity contribution is 5.78. The molecule has 0 unspecified atom stereocenters. The molecule has 2 saturated heterocycles. The van der Waals surface area contributed by atoms with E-state index in [-0.39, 0.29) is 5.82 Å². The van der Waals surface area contributed by atoms with Crippen molar-refractivity contribution >= 4 is 23.1 Å². The van der Waals surface area contributed by atoms with Gasteiger partial charge in [0.1, 0.15) is 5.82 Å². The summed E-state index contributed by atoms with van der Waals surface area (Å²) in [5.74, 6) is 0.627. The molecule has 0 radical (unpaired) electrons. The van der Waals surface area contributed by atoms with Crippen molar-refractivity contribution in [2.45, 2.75) is 44.3 Å². The molecule has 0 saturated carbocycles. The summed E-state index contributed by atoms with van der Waals surface area (Å²) in [7, 11) is 0. The van der Waals surface area contributed by atoms with Gasteiger partial charge in [0.05, 0.1) is 17.6 Å². The first-order valence-corrected chi connectivity index (χ1v) is 11.7. The van der Waals surface area contributed by atoms with Crippen LogP contribution in [-0.2, 0) is 6.54 Å². The Morgan fingerprint density at radius 2 is 1.70 bits per heavy atom. The summed E-state index contributed by atoms with van der Waals surface area (Å²) in [6.45, 7) is 3.91. The summed E-state index contributed by atoms with van der Waals surface area (Å²) >= 11 is 0. The third-order valence-corrected chi connectivity index (χ3v) is 7.02. The monoisotopic (exact) mass is 451 g/mol. The lowest BCUT2D eigenvalue weighted by Crippen LogP contribution is -2.50. The van der Waals surface area contributed by atoms with Crippen LogP contribution in [0.3, 0.4) is 0 Å².